The highest BCUT2D eigenvalue weighted by atomic mass is 19.3. The molecule has 0 rings (SSSR count). The van der Waals surface area contributed by atoms with Crippen molar-refractivity contribution < 1.29 is 32.6 Å². The molecule has 0 aliphatic carbocycles. The predicted octanol–water partition coefficient (Wildman–Crippen LogP) is 0.585. The molecule has 0 heterocycles. The van der Waals surface area contributed by atoms with Crippen molar-refractivity contribution in [1.29, 1.82) is 0 Å². The van der Waals surface area contributed by atoms with E-state index < -0.39 is 29.6 Å². The molecular weight excluding hydrogens is 238 g/mol. The second kappa shape index (κ2) is 7.24. The second-order valence-electron chi connectivity index (χ2n) is 2.59. The minimum atomic E-state index is -3.19. The summed E-state index contributed by atoms with van der Waals surface area (Å²) in [6.45, 7) is 1.35. The Balaban J connectivity index is 5.31. The molecule has 0 radical (unpaired) electrons. The summed E-state index contributed by atoms with van der Waals surface area (Å²) in [5.74, 6) is -2.36. The van der Waals surface area contributed by atoms with Crippen molar-refractivity contribution in [2.45, 2.75) is 13.3 Å². The van der Waals surface area contributed by atoms with Gasteiger partial charge in [-0.1, -0.05) is 0 Å². The summed E-state index contributed by atoms with van der Waals surface area (Å²) in [5, 5.41) is 0. The van der Waals surface area contributed by atoms with Crippen LogP contribution in [0.3, 0.4) is 0 Å². The van der Waals surface area contributed by atoms with Gasteiger partial charge in [-0.05, 0) is 6.92 Å². The third kappa shape index (κ3) is 4.52. The standard InChI is InChI=1S/C9H10F2N2O4/c1-3-17-9(15)7(13-12)5(8(10)11)4-6(14)16-2/h4,8H,3H2,1-2H3/b5-4-. The first kappa shape index (κ1) is 14.9. The maximum absolute atomic E-state index is 12.6. The molecule has 8 heteroatoms. The van der Waals surface area contributed by atoms with Crippen LogP contribution in [0.5, 0.6) is 0 Å². The molecule has 0 atom stereocenters. The number of esters is 2. The molecule has 0 aliphatic heterocycles. The first-order chi connectivity index (χ1) is 7.97. The topological polar surface area (TPSA) is 89.0 Å². The van der Waals surface area contributed by atoms with Gasteiger partial charge in [0.25, 0.3) is 6.43 Å². The zero-order valence-corrected chi connectivity index (χ0v) is 9.15. The fourth-order valence-electron chi connectivity index (χ4n) is 0.836. The molecule has 0 saturated heterocycles. The number of halogens is 2. The van der Waals surface area contributed by atoms with Gasteiger partial charge >= 0.3 is 17.7 Å². The Bertz CT molecular complexity index is 386. The number of hydrogen-bond acceptors (Lipinski definition) is 4. The smallest absolute Gasteiger partial charge is 0.422 e. The number of ether oxygens (including phenoxy) is 2. The van der Waals surface area contributed by atoms with E-state index in [0.29, 0.717) is 6.08 Å². The number of carbonyl (C=O) groups excluding carboxylic acids is 2. The first-order valence-electron chi connectivity index (χ1n) is 4.45. The van der Waals surface area contributed by atoms with Crippen LogP contribution < -0.4 is 0 Å². The van der Waals surface area contributed by atoms with Crippen molar-refractivity contribution in [3.63, 3.8) is 0 Å². The molecule has 0 aliphatic rings. The SMILES string of the molecule is CCOC(=O)C(=[N+]=[N-])/C(=C/C(=O)OC)C(F)F. The van der Waals surface area contributed by atoms with Gasteiger partial charge in [0.15, 0.2) is 0 Å². The van der Waals surface area contributed by atoms with Crippen molar-refractivity contribution >= 4 is 17.7 Å². The monoisotopic (exact) mass is 248 g/mol. The quantitative estimate of drug-likeness (QED) is 0.234. The van der Waals surface area contributed by atoms with Crippen LogP contribution >= 0.6 is 0 Å². The molecule has 0 aromatic carbocycles. The maximum Gasteiger partial charge on any atom is 0.422 e. The minimum Gasteiger partial charge on any atom is -0.466 e. The van der Waals surface area contributed by atoms with Crippen LogP contribution in [-0.4, -0.2) is 42.6 Å². The van der Waals surface area contributed by atoms with Crippen molar-refractivity contribution in [2.24, 2.45) is 0 Å². The number of nitrogens with zero attached hydrogens (tertiary/aromatic N) is 2. The Kier molecular flexibility index (Phi) is 6.35. The lowest BCUT2D eigenvalue weighted by Crippen LogP contribution is -2.25. The Hall–Kier alpha value is -2.08. The van der Waals surface area contributed by atoms with Gasteiger partial charge in [-0.3, -0.25) is 0 Å². The van der Waals surface area contributed by atoms with Gasteiger partial charge in [-0.15, -0.1) is 0 Å². The number of carbonyl (C=O) groups is 2. The van der Waals surface area contributed by atoms with Crippen LogP contribution in [0.4, 0.5) is 8.78 Å². The average molecular weight is 248 g/mol. The lowest BCUT2D eigenvalue weighted by molar-refractivity contribution is -0.139. The highest BCUT2D eigenvalue weighted by Crippen LogP contribution is 2.11. The van der Waals surface area contributed by atoms with Gasteiger partial charge in [0.2, 0.25) is 0 Å². The van der Waals surface area contributed by atoms with E-state index in [-0.39, 0.29) is 6.61 Å². The summed E-state index contributed by atoms with van der Waals surface area (Å²) in [6.07, 6.45) is -2.83. The molecule has 17 heavy (non-hydrogen) atoms. The molecule has 6 nitrogen and oxygen atoms in total. The van der Waals surface area contributed by atoms with E-state index in [4.69, 9.17) is 5.53 Å². The van der Waals surface area contributed by atoms with E-state index in [1.165, 1.54) is 6.92 Å². The number of methoxy groups -OCH3 is 1. The number of alkyl halides is 2. The van der Waals surface area contributed by atoms with E-state index in [0.717, 1.165) is 7.11 Å². The normalized spacial score (nSPS) is 10.8. The summed E-state index contributed by atoms with van der Waals surface area (Å²) in [6, 6.07) is 0. The van der Waals surface area contributed by atoms with E-state index in [1.807, 2.05) is 0 Å². The highest BCUT2D eigenvalue weighted by molar-refractivity contribution is 6.41. The van der Waals surface area contributed by atoms with E-state index in [2.05, 4.69) is 14.3 Å². The molecule has 0 bridgehead atoms. The van der Waals surface area contributed by atoms with E-state index >= 15 is 0 Å². The second-order valence-corrected chi connectivity index (χ2v) is 2.59. The maximum atomic E-state index is 12.6. The van der Waals surface area contributed by atoms with E-state index in [9.17, 15) is 18.4 Å². The molecule has 94 valence electrons. The molecular formula is C9H10F2N2O4. The summed E-state index contributed by atoms with van der Waals surface area (Å²) < 4.78 is 33.6. The largest absolute Gasteiger partial charge is 0.466 e. The van der Waals surface area contributed by atoms with Gasteiger partial charge in [0.1, 0.15) is 5.57 Å². The third-order valence-electron chi connectivity index (χ3n) is 1.55. The van der Waals surface area contributed by atoms with Gasteiger partial charge in [-0.2, -0.15) is 4.79 Å². The van der Waals surface area contributed by atoms with Crippen molar-refractivity contribution in [3.8, 4) is 0 Å². The van der Waals surface area contributed by atoms with Gasteiger partial charge in [-0.25, -0.2) is 18.4 Å². The van der Waals surface area contributed by atoms with Gasteiger partial charge in [0.05, 0.1) is 13.7 Å². The van der Waals surface area contributed by atoms with Crippen molar-refractivity contribution in [3.05, 3.63) is 17.2 Å². The third-order valence-corrected chi connectivity index (χ3v) is 1.55. The first-order valence-corrected chi connectivity index (χ1v) is 4.45. The van der Waals surface area contributed by atoms with Gasteiger partial charge < -0.3 is 15.0 Å². The van der Waals surface area contributed by atoms with Crippen LogP contribution in [0.1, 0.15) is 6.92 Å². The summed E-state index contributed by atoms with van der Waals surface area (Å²) in [7, 11) is 0.974. The summed E-state index contributed by atoms with van der Waals surface area (Å²) in [4.78, 5) is 24.4. The van der Waals surface area contributed by atoms with Crippen molar-refractivity contribution in [2.75, 3.05) is 13.7 Å². The molecule has 0 N–H and O–H groups in total. The predicted molar refractivity (Wildman–Crippen MR) is 51.4 cm³/mol. The Morgan fingerprint density at radius 3 is 2.41 bits per heavy atom. The van der Waals surface area contributed by atoms with Crippen LogP contribution in [0.15, 0.2) is 11.6 Å². The minimum absolute atomic E-state index is 0.0907. The summed E-state index contributed by atoms with van der Waals surface area (Å²) in [5.41, 5.74) is 6.38. The fraction of sp³-hybridized carbons (Fsp3) is 0.444. The zero-order valence-electron chi connectivity index (χ0n) is 9.15. The van der Waals surface area contributed by atoms with Crippen LogP contribution in [-0.2, 0) is 19.1 Å². The van der Waals surface area contributed by atoms with Crippen LogP contribution in [0.2, 0.25) is 0 Å². The molecule has 0 aromatic heterocycles. The molecule has 0 aromatic rings. The average Bonchev–Trinajstić information content (AvgIpc) is 2.28. The molecule has 0 unspecified atom stereocenters. The Labute approximate surface area is 95.4 Å². The number of hydrogen-bond donors (Lipinski definition) is 0. The number of rotatable bonds is 5. The van der Waals surface area contributed by atoms with Gasteiger partial charge in [0, 0.05) is 6.08 Å². The molecule has 0 fully saturated rings. The molecule has 0 amide bonds. The van der Waals surface area contributed by atoms with E-state index in [1.54, 1.807) is 0 Å². The highest BCUT2D eigenvalue weighted by Gasteiger charge is 2.34. The van der Waals surface area contributed by atoms with Crippen molar-refractivity contribution in [1.82, 2.24) is 0 Å². The Morgan fingerprint density at radius 1 is 1.47 bits per heavy atom. The lowest BCUT2D eigenvalue weighted by Gasteiger charge is -2.01. The molecule has 0 saturated carbocycles. The lowest BCUT2D eigenvalue weighted by atomic mass is 10.1. The fourth-order valence-corrected chi connectivity index (χ4v) is 0.836. The zero-order chi connectivity index (χ0) is 13.4. The van der Waals surface area contributed by atoms with Crippen LogP contribution in [0.25, 0.3) is 5.53 Å². The summed E-state index contributed by atoms with van der Waals surface area (Å²) >= 11 is 0. The van der Waals surface area contributed by atoms with Crippen LogP contribution in [0, 0.1) is 0 Å². The molecule has 0 spiro atoms. The Morgan fingerprint density at radius 2 is 2.06 bits per heavy atom.